The van der Waals surface area contributed by atoms with E-state index >= 15 is 0 Å². The molecule has 6 nitrogen and oxygen atoms in total. The van der Waals surface area contributed by atoms with Gasteiger partial charge in [0, 0.05) is 25.8 Å². The topological polar surface area (TPSA) is 81.9 Å². The van der Waals surface area contributed by atoms with Crippen LogP contribution in [0.2, 0.25) is 0 Å². The van der Waals surface area contributed by atoms with E-state index in [1.165, 1.54) is 41.3 Å². The van der Waals surface area contributed by atoms with Gasteiger partial charge in [-0.15, -0.1) is 0 Å². The van der Waals surface area contributed by atoms with Crippen LogP contribution >= 0.6 is 0 Å². The summed E-state index contributed by atoms with van der Waals surface area (Å²) in [7, 11) is 0. The van der Waals surface area contributed by atoms with Gasteiger partial charge in [0.2, 0.25) is 5.91 Å². The molecular formula is C22H23F3N2O4. The number of carbonyl (C=O) groups excluding carboxylic acids is 2. The highest BCUT2D eigenvalue weighted by atomic mass is 19.3. The lowest BCUT2D eigenvalue weighted by Gasteiger charge is -2.43. The van der Waals surface area contributed by atoms with Crippen LogP contribution in [0.4, 0.5) is 18.0 Å². The van der Waals surface area contributed by atoms with Gasteiger partial charge in [-0.25, -0.2) is 9.18 Å². The molecule has 1 aliphatic rings. The Morgan fingerprint density at radius 2 is 1.84 bits per heavy atom. The van der Waals surface area contributed by atoms with E-state index in [1.54, 1.807) is 19.1 Å². The lowest BCUT2D eigenvalue weighted by molar-refractivity contribution is -0.121. The molecule has 9 heteroatoms. The van der Waals surface area contributed by atoms with Crippen molar-refractivity contribution in [1.29, 1.82) is 0 Å². The molecule has 0 bridgehead atoms. The highest BCUT2D eigenvalue weighted by molar-refractivity contribution is 5.74. The van der Waals surface area contributed by atoms with E-state index < -0.39 is 36.1 Å². The first-order valence-corrected chi connectivity index (χ1v) is 9.79. The van der Waals surface area contributed by atoms with Gasteiger partial charge in [0.15, 0.2) is 0 Å². The maximum Gasteiger partial charge on any atom is 0.411 e. The Labute approximate surface area is 177 Å². The molecule has 1 heterocycles. The first-order valence-electron chi connectivity index (χ1n) is 9.79. The fourth-order valence-electron chi connectivity index (χ4n) is 3.73. The molecule has 31 heavy (non-hydrogen) atoms. The first kappa shape index (κ1) is 22.5. The van der Waals surface area contributed by atoms with Crippen molar-refractivity contribution in [3.05, 3.63) is 65.5 Å². The molecule has 0 unspecified atom stereocenters. The second kappa shape index (κ2) is 9.28. The zero-order chi connectivity index (χ0) is 22.6. The number of amides is 2. The van der Waals surface area contributed by atoms with E-state index in [9.17, 15) is 22.8 Å². The predicted molar refractivity (Wildman–Crippen MR) is 106 cm³/mol. The van der Waals surface area contributed by atoms with E-state index in [2.05, 4.69) is 4.74 Å². The molecule has 1 saturated heterocycles. The van der Waals surface area contributed by atoms with Crippen LogP contribution in [0.25, 0.3) is 0 Å². The third-order valence-electron chi connectivity index (χ3n) is 5.47. The van der Waals surface area contributed by atoms with Crippen molar-refractivity contribution in [1.82, 2.24) is 4.90 Å². The molecule has 166 valence electrons. The summed E-state index contributed by atoms with van der Waals surface area (Å²) < 4.78 is 48.2. The Morgan fingerprint density at radius 1 is 1.19 bits per heavy atom. The Balaban J connectivity index is 1.78. The fraction of sp³-hybridized carbons (Fsp3) is 0.364. The molecule has 2 aromatic rings. The summed E-state index contributed by atoms with van der Waals surface area (Å²) >= 11 is 0. The van der Waals surface area contributed by atoms with Gasteiger partial charge in [-0.3, -0.25) is 4.79 Å². The number of halogens is 3. The number of alkyl halides is 2. The van der Waals surface area contributed by atoms with E-state index in [4.69, 9.17) is 10.5 Å². The molecule has 0 radical (unpaired) electrons. The van der Waals surface area contributed by atoms with Crippen LogP contribution in [-0.4, -0.2) is 30.1 Å². The zero-order valence-electron chi connectivity index (χ0n) is 16.9. The monoisotopic (exact) mass is 436 g/mol. The predicted octanol–water partition coefficient (Wildman–Crippen LogP) is 4.49. The number of hydrogen-bond acceptors (Lipinski definition) is 4. The Bertz CT molecular complexity index is 921. The molecule has 0 aromatic heterocycles. The average molecular weight is 436 g/mol. The highest BCUT2D eigenvalue weighted by Gasteiger charge is 2.43. The molecule has 2 N–H and O–H groups in total. The van der Waals surface area contributed by atoms with Crippen molar-refractivity contribution in [3.8, 4) is 5.75 Å². The van der Waals surface area contributed by atoms with Gasteiger partial charge in [-0.1, -0.05) is 24.3 Å². The number of cyclic esters (lactones) is 1. The molecule has 0 saturated carbocycles. The second-order valence-electron chi connectivity index (χ2n) is 7.40. The minimum atomic E-state index is -2.92. The Morgan fingerprint density at radius 3 is 2.39 bits per heavy atom. The van der Waals surface area contributed by atoms with Crippen molar-refractivity contribution in [2.75, 3.05) is 6.54 Å². The van der Waals surface area contributed by atoms with Crippen molar-refractivity contribution >= 4 is 12.0 Å². The Kier molecular flexibility index (Phi) is 6.72. The maximum absolute atomic E-state index is 13.4. The SMILES string of the molecule is C[C@@H](c1ccc(OC(F)F)cc1)N1CC[C@@](CCC(N)=O)(c2ccc(F)cc2)OC1=O. The number of carbonyl (C=O) groups is 2. The standard InChI is InChI=1S/C22H23F3N2O4/c1-14(15-2-8-18(9-3-15)30-20(24)25)27-13-12-22(31-21(27)29,11-10-19(26)28)16-4-6-17(23)7-5-16/h2-9,14,20H,10-13H2,1H3,(H2,26,28)/t14-,22-/m0/s1. The van der Waals surface area contributed by atoms with Crippen molar-refractivity contribution in [3.63, 3.8) is 0 Å². The van der Waals surface area contributed by atoms with Crippen LogP contribution in [-0.2, 0) is 15.1 Å². The first-order chi connectivity index (χ1) is 14.7. The summed E-state index contributed by atoms with van der Waals surface area (Å²) in [6.45, 7) is -0.815. The lowest BCUT2D eigenvalue weighted by atomic mass is 9.84. The van der Waals surface area contributed by atoms with E-state index in [0.717, 1.165) is 0 Å². The molecular weight excluding hydrogens is 413 g/mol. The summed E-state index contributed by atoms with van der Waals surface area (Å²) in [6, 6.07) is 11.2. The molecule has 0 spiro atoms. The molecule has 0 aliphatic carbocycles. The van der Waals surface area contributed by atoms with E-state index in [0.29, 0.717) is 24.1 Å². The highest BCUT2D eigenvalue weighted by Crippen LogP contribution is 2.40. The largest absolute Gasteiger partial charge is 0.438 e. The summed E-state index contributed by atoms with van der Waals surface area (Å²) in [5, 5.41) is 0. The van der Waals surface area contributed by atoms with Crippen LogP contribution < -0.4 is 10.5 Å². The van der Waals surface area contributed by atoms with Crippen molar-refractivity contribution in [2.45, 2.75) is 44.4 Å². The minimum absolute atomic E-state index is 0.00576. The number of nitrogens with two attached hydrogens (primary N) is 1. The number of ether oxygens (including phenoxy) is 2. The number of primary amides is 1. The van der Waals surface area contributed by atoms with Gasteiger partial charge < -0.3 is 20.1 Å². The van der Waals surface area contributed by atoms with Gasteiger partial charge >= 0.3 is 12.7 Å². The zero-order valence-corrected chi connectivity index (χ0v) is 16.9. The van der Waals surface area contributed by atoms with Gasteiger partial charge in [0.05, 0.1) is 6.04 Å². The van der Waals surface area contributed by atoms with Gasteiger partial charge in [-0.2, -0.15) is 8.78 Å². The lowest BCUT2D eigenvalue weighted by Crippen LogP contribution is -2.49. The molecule has 2 atom stereocenters. The van der Waals surface area contributed by atoms with Crippen LogP contribution in [0, 0.1) is 5.82 Å². The summed E-state index contributed by atoms with van der Waals surface area (Å²) in [6.07, 6.45) is -0.0393. The van der Waals surface area contributed by atoms with E-state index in [-0.39, 0.29) is 18.6 Å². The van der Waals surface area contributed by atoms with Crippen LogP contribution in [0.15, 0.2) is 48.5 Å². The molecule has 2 amide bonds. The average Bonchev–Trinajstić information content (AvgIpc) is 2.72. The number of benzene rings is 2. The molecule has 1 aliphatic heterocycles. The Hall–Kier alpha value is -3.23. The minimum Gasteiger partial charge on any atom is -0.438 e. The normalized spacial score (nSPS) is 19.8. The number of rotatable bonds is 8. The summed E-state index contributed by atoms with van der Waals surface area (Å²) in [4.78, 5) is 25.8. The third-order valence-corrected chi connectivity index (χ3v) is 5.47. The van der Waals surface area contributed by atoms with Crippen molar-refractivity contribution in [2.24, 2.45) is 5.73 Å². The van der Waals surface area contributed by atoms with Crippen LogP contribution in [0.1, 0.15) is 43.4 Å². The van der Waals surface area contributed by atoms with Gasteiger partial charge in [0.25, 0.3) is 0 Å². The quantitative estimate of drug-likeness (QED) is 0.661. The van der Waals surface area contributed by atoms with Crippen LogP contribution in [0.3, 0.4) is 0 Å². The van der Waals surface area contributed by atoms with Crippen LogP contribution in [0.5, 0.6) is 5.75 Å². The third kappa shape index (κ3) is 5.28. The summed E-state index contributed by atoms with van der Waals surface area (Å²) in [5.74, 6) is -0.932. The second-order valence-corrected chi connectivity index (χ2v) is 7.40. The molecule has 3 rings (SSSR count). The maximum atomic E-state index is 13.4. The van der Waals surface area contributed by atoms with E-state index in [1.807, 2.05) is 0 Å². The number of nitrogens with zero attached hydrogens (tertiary/aromatic N) is 1. The molecule has 1 fully saturated rings. The fourth-order valence-corrected chi connectivity index (χ4v) is 3.73. The van der Waals surface area contributed by atoms with Gasteiger partial charge in [-0.05, 0) is 42.3 Å². The molecule has 2 aromatic carbocycles. The number of hydrogen-bond donors (Lipinski definition) is 1. The van der Waals surface area contributed by atoms with Crippen molar-refractivity contribution < 1.29 is 32.2 Å². The summed E-state index contributed by atoms with van der Waals surface area (Å²) in [5.41, 5.74) is 5.50. The van der Waals surface area contributed by atoms with Gasteiger partial charge in [0.1, 0.15) is 17.2 Å². The smallest absolute Gasteiger partial charge is 0.411 e.